The number of ether oxygens (including phenoxy) is 1. The zero-order valence-electron chi connectivity index (χ0n) is 20.5. The molecule has 35 heavy (non-hydrogen) atoms. The first-order valence-corrected chi connectivity index (χ1v) is 12.3. The Labute approximate surface area is 223 Å². The van der Waals surface area contributed by atoms with Gasteiger partial charge in [-0.25, -0.2) is 19.2 Å². The number of anilines is 1. The van der Waals surface area contributed by atoms with Gasteiger partial charge in [0.25, 0.3) is 0 Å². The van der Waals surface area contributed by atoms with Crippen molar-refractivity contribution in [3.8, 4) is 0 Å². The highest BCUT2D eigenvalue weighted by Crippen LogP contribution is 2.44. The van der Waals surface area contributed by atoms with E-state index in [-0.39, 0.29) is 51.3 Å². The number of halogens is 1. The first kappa shape index (κ1) is 27.8. The van der Waals surface area contributed by atoms with E-state index in [4.69, 9.17) is 4.74 Å². The van der Waals surface area contributed by atoms with Crippen LogP contribution in [0.5, 0.6) is 0 Å². The Kier molecular flexibility index (Phi) is 7.88. The predicted molar refractivity (Wildman–Crippen MR) is 145 cm³/mol. The number of likely N-dealkylation sites (tertiary alicyclic amines) is 2. The molecule has 0 radical (unpaired) electrons. The van der Waals surface area contributed by atoms with Crippen molar-refractivity contribution in [2.45, 2.75) is 58.4 Å². The predicted octanol–water partition coefficient (Wildman–Crippen LogP) is 3.48. The molecular weight excluding hydrogens is 509 g/mol. The molecule has 0 unspecified atom stereocenters. The van der Waals surface area contributed by atoms with E-state index in [0.717, 1.165) is 35.5 Å². The molecule has 2 amide bonds. The van der Waals surface area contributed by atoms with Crippen LogP contribution >= 0.6 is 38.3 Å². The molecule has 3 saturated heterocycles. The first-order valence-electron chi connectivity index (χ1n) is 11.5. The highest BCUT2D eigenvalue weighted by Gasteiger charge is 2.56. The van der Waals surface area contributed by atoms with Crippen LogP contribution < -0.4 is 4.90 Å². The molecule has 3 aliphatic rings. The largest absolute Gasteiger partial charge is 0.444 e. The van der Waals surface area contributed by atoms with E-state index >= 15 is 0 Å². The highest BCUT2D eigenvalue weighted by molar-refractivity contribution is 7.59. The van der Waals surface area contributed by atoms with Gasteiger partial charge in [0.05, 0.1) is 11.9 Å². The SMILES string of the molecule is CCc1cc2c(N3CC4(CN(C(=O)[C@@H]5C[C@H](F)CN5C(=O)OC(C)(C)C)C4)C3)ncnc2s1.S.S. The van der Waals surface area contributed by atoms with Crippen molar-refractivity contribution in [2.24, 2.45) is 5.41 Å². The summed E-state index contributed by atoms with van der Waals surface area (Å²) in [7, 11) is 0. The van der Waals surface area contributed by atoms with E-state index < -0.39 is 23.9 Å². The zero-order valence-corrected chi connectivity index (χ0v) is 23.3. The number of carbonyl (C=O) groups excluding carboxylic acids is 2. The summed E-state index contributed by atoms with van der Waals surface area (Å²) in [4.78, 5) is 42.1. The van der Waals surface area contributed by atoms with Crippen molar-refractivity contribution in [3.63, 3.8) is 0 Å². The smallest absolute Gasteiger partial charge is 0.411 e. The van der Waals surface area contributed by atoms with E-state index in [1.54, 1.807) is 43.3 Å². The van der Waals surface area contributed by atoms with E-state index in [9.17, 15) is 14.0 Å². The van der Waals surface area contributed by atoms with Crippen molar-refractivity contribution < 1.29 is 18.7 Å². The quantitative estimate of drug-likeness (QED) is 0.590. The van der Waals surface area contributed by atoms with Crippen molar-refractivity contribution in [2.75, 3.05) is 37.6 Å². The molecule has 8 nitrogen and oxygen atoms in total. The molecule has 3 fully saturated rings. The lowest BCUT2D eigenvalue weighted by Crippen LogP contribution is -2.74. The lowest BCUT2D eigenvalue weighted by molar-refractivity contribution is -0.150. The summed E-state index contributed by atoms with van der Waals surface area (Å²) < 4.78 is 19.5. The maximum atomic E-state index is 14.1. The van der Waals surface area contributed by atoms with E-state index in [0.29, 0.717) is 13.1 Å². The van der Waals surface area contributed by atoms with Gasteiger partial charge in [0.15, 0.2) is 0 Å². The zero-order chi connectivity index (χ0) is 23.5. The summed E-state index contributed by atoms with van der Waals surface area (Å²) in [6, 6.07) is 1.39. The molecule has 5 rings (SSSR count). The normalized spacial score (nSPS) is 22.8. The molecule has 2 aromatic heterocycles. The minimum atomic E-state index is -1.21. The van der Waals surface area contributed by atoms with Crippen LogP contribution in [0.1, 0.15) is 39.0 Å². The van der Waals surface area contributed by atoms with Crippen LogP contribution in [0.25, 0.3) is 10.2 Å². The number of amides is 2. The van der Waals surface area contributed by atoms with Gasteiger partial charge in [-0.3, -0.25) is 9.69 Å². The second-order valence-corrected chi connectivity index (χ2v) is 11.6. The number of rotatable bonds is 3. The Hall–Kier alpha value is -1.79. The number of aromatic nitrogens is 2. The third-order valence-corrected chi connectivity index (χ3v) is 7.77. The molecule has 0 N–H and O–H groups in total. The Morgan fingerprint density at radius 1 is 1.20 bits per heavy atom. The van der Waals surface area contributed by atoms with Crippen molar-refractivity contribution >= 4 is 66.4 Å². The van der Waals surface area contributed by atoms with Gasteiger partial charge in [-0.15, -0.1) is 11.3 Å². The minimum Gasteiger partial charge on any atom is -0.444 e. The van der Waals surface area contributed by atoms with Gasteiger partial charge < -0.3 is 14.5 Å². The second-order valence-electron chi connectivity index (χ2n) is 10.5. The van der Waals surface area contributed by atoms with Crippen LogP contribution in [0.15, 0.2) is 12.4 Å². The number of hydrogen-bond donors (Lipinski definition) is 0. The van der Waals surface area contributed by atoms with E-state index in [1.165, 1.54) is 9.78 Å². The fraction of sp³-hybridized carbons (Fsp3) is 0.652. The summed E-state index contributed by atoms with van der Waals surface area (Å²) in [6.07, 6.45) is 0.794. The van der Waals surface area contributed by atoms with E-state index in [2.05, 4.69) is 27.9 Å². The number of carbonyl (C=O) groups is 2. The monoisotopic (exact) mass is 543 g/mol. The Morgan fingerprint density at radius 2 is 1.89 bits per heavy atom. The van der Waals surface area contributed by atoms with Gasteiger partial charge in [0, 0.05) is 42.9 Å². The molecular formula is C23H34FN5O3S3. The average Bonchev–Trinajstić information content (AvgIpc) is 3.27. The molecule has 0 aliphatic carbocycles. The maximum absolute atomic E-state index is 14.1. The number of alkyl halides is 1. The molecule has 2 aromatic rings. The molecule has 5 heterocycles. The van der Waals surface area contributed by atoms with Crippen LogP contribution in [0.2, 0.25) is 0 Å². The lowest BCUT2D eigenvalue weighted by Gasteiger charge is -2.61. The van der Waals surface area contributed by atoms with Gasteiger partial charge >= 0.3 is 6.09 Å². The topological polar surface area (TPSA) is 78.9 Å². The number of aryl methyl sites for hydroxylation is 1. The molecule has 0 bridgehead atoms. The van der Waals surface area contributed by atoms with Crippen LogP contribution in [-0.4, -0.2) is 82.3 Å². The number of thiophene rings is 1. The Bertz CT molecular complexity index is 1090. The second kappa shape index (κ2) is 9.93. The molecule has 3 aliphatic heterocycles. The summed E-state index contributed by atoms with van der Waals surface area (Å²) in [5.74, 6) is 0.776. The molecule has 0 aromatic carbocycles. The fourth-order valence-electron chi connectivity index (χ4n) is 5.10. The van der Waals surface area contributed by atoms with Gasteiger partial charge in [-0.2, -0.15) is 27.0 Å². The Morgan fingerprint density at radius 3 is 2.51 bits per heavy atom. The van der Waals surface area contributed by atoms with Crippen molar-refractivity contribution in [1.29, 1.82) is 0 Å². The summed E-state index contributed by atoms with van der Waals surface area (Å²) in [5, 5.41) is 1.09. The average molecular weight is 544 g/mol. The maximum Gasteiger partial charge on any atom is 0.411 e. The van der Waals surface area contributed by atoms with Crippen LogP contribution in [0.3, 0.4) is 0 Å². The molecule has 194 valence electrons. The minimum absolute atomic E-state index is 0. The number of fused-ring (bicyclic) bond motifs is 1. The van der Waals surface area contributed by atoms with E-state index in [1.807, 2.05) is 0 Å². The molecule has 1 spiro atoms. The summed E-state index contributed by atoms with van der Waals surface area (Å²) in [6.45, 7) is 10.2. The van der Waals surface area contributed by atoms with Gasteiger partial charge in [-0.05, 0) is 33.3 Å². The number of hydrogen-bond acceptors (Lipinski definition) is 7. The van der Waals surface area contributed by atoms with Crippen molar-refractivity contribution in [1.82, 2.24) is 19.8 Å². The molecule has 2 atom stereocenters. The van der Waals surface area contributed by atoms with Crippen LogP contribution in [0.4, 0.5) is 15.0 Å². The molecule has 12 heteroatoms. The highest BCUT2D eigenvalue weighted by atomic mass is 32.1. The standard InChI is InChI=1S/C23H30FN5O3S.2H2S/c1-5-15-7-16-18(25-13-26-19(16)33-15)27-9-23(10-27)11-28(12-23)20(30)17-6-14(24)8-29(17)21(31)32-22(2,3)4;;/h7,13-14,17H,5-6,8-12H2,1-4H3;2*1H2/t14-,17-;;/m0../s1. The van der Waals surface area contributed by atoms with Crippen LogP contribution in [-0.2, 0) is 16.0 Å². The van der Waals surface area contributed by atoms with Gasteiger partial charge in [0.1, 0.15) is 34.8 Å². The Balaban J connectivity index is 0.00000171. The fourth-order valence-corrected chi connectivity index (χ4v) is 6.03. The van der Waals surface area contributed by atoms with Crippen LogP contribution in [0, 0.1) is 5.41 Å². The summed E-state index contributed by atoms with van der Waals surface area (Å²) >= 11 is 1.70. The van der Waals surface area contributed by atoms with Gasteiger partial charge in [0.2, 0.25) is 5.91 Å². The van der Waals surface area contributed by atoms with Crippen molar-refractivity contribution in [3.05, 3.63) is 17.3 Å². The third kappa shape index (κ3) is 5.20. The van der Waals surface area contributed by atoms with Gasteiger partial charge in [-0.1, -0.05) is 6.92 Å². The lowest BCUT2D eigenvalue weighted by atomic mass is 9.72. The molecule has 0 saturated carbocycles. The third-order valence-electron chi connectivity index (χ3n) is 6.59. The summed E-state index contributed by atoms with van der Waals surface area (Å²) in [5.41, 5.74) is -0.650. The number of nitrogens with zero attached hydrogens (tertiary/aromatic N) is 5. The first-order chi connectivity index (χ1) is 15.6.